The Balaban J connectivity index is 0.000000127. The summed E-state index contributed by atoms with van der Waals surface area (Å²) < 4.78 is 118. The summed E-state index contributed by atoms with van der Waals surface area (Å²) in [6, 6.07) is 0. The van der Waals surface area contributed by atoms with Crippen LogP contribution in [0.2, 0.25) is 0 Å². The van der Waals surface area contributed by atoms with Crippen LogP contribution in [0.5, 0.6) is 0 Å². The van der Waals surface area contributed by atoms with E-state index in [9.17, 15) is 49.2 Å². The average molecular weight is 1620 g/mol. The molecule has 5 saturated carbocycles. The van der Waals surface area contributed by atoms with Gasteiger partial charge < -0.3 is 52.6 Å². The summed E-state index contributed by atoms with van der Waals surface area (Å²) in [5.41, 5.74) is 0. The van der Waals surface area contributed by atoms with E-state index in [2.05, 4.69) is 117 Å². The molecule has 0 amide bonds. The Morgan fingerprint density at radius 2 is 1.02 bits per heavy atom. The summed E-state index contributed by atoms with van der Waals surface area (Å²) in [4.78, 5) is 61.0. The van der Waals surface area contributed by atoms with Crippen LogP contribution in [0.25, 0.3) is 0 Å². The van der Waals surface area contributed by atoms with Crippen LogP contribution in [0.4, 0.5) is 0 Å². The van der Waals surface area contributed by atoms with Crippen LogP contribution >= 0.6 is 23.5 Å². The van der Waals surface area contributed by atoms with E-state index in [4.69, 9.17) is 36.8 Å². The van der Waals surface area contributed by atoms with Crippen LogP contribution in [-0.2, 0) is 100 Å². The highest BCUT2D eigenvalue weighted by atomic mass is 32.2. The standard InChI is InChI=1S/C9H12O2.C8H12O3S.C8H10O3.C8H12O2.C7H15N.C7H10O4S.C6H13N.C6H12O2S.C5H11NO.2C5H8O2.C5H10S2/c1-4-5-2-6-7(3-5)9(10)11-8(4)6;1-4-5-2-6-7(3-5)12(9,10)11-8(4)6;1-3-5-2-4-7(10-5)6(3)11-8(4)9;1-5-2-3-6-4-7(5)10-8(6)9;1-7-3-5-8(2)6-4-7;1-3-4-2-5-7(10-4)6(3)11-12(5,8)9;1-7-5-3-2-4-6-7;1-6-2-4-9(7,8)5-3-6;1-6-2-4-7-5-3-6;1-4-2-5(6)7-3-4;1-4-2-3-7-5(4)6;1-5-4-6-2-3-7-5/h4-8H,2-3H2,1H3;4-8H,2-3H2,1H3;3-7H,2H2,1H3;5-7H,2-4H2,1H3;7H,3-6H2,1-2H3;3-7H,2H2,1H3;2-6H2,1H3;6H,2-5H2,1H3;2-5H2,1H3;2*4H,2-3H2,1H3;5H,2-4H2,1H3. The van der Waals surface area contributed by atoms with Gasteiger partial charge in [-0.15, -0.1) is 0 Å². The number of sulfone groups is 1. The summed E-state index contributed by atoms with van der Waals surface area (Å²) in [7, 11) is -2.56. The van der Waals surface area contributed by atoms with Crippen LogP contribution in [0.1, 0.15) is 185 Å². The number of likely N-dealkylation sites (N-methyl/N-ethyl adjacent to an activating group) is 1. The van der Waals surface area contributed by atoms with Gasteiger partial charge in [0, 0.05) is 65.2 Å². The Morgan fingerprint density at radius 1 is 0.435 bits per heavy atom. The maximum Gasteiger partial charge on any atom is 0.312 e. The molecule has 10 bridgehead atoms. The van der Waals surface area contributed by atoms with Gasteiger partial charge in [0.05, 0.1) is 91.6 Å². The number of fused-ring (bicyclic) bond motifs is 6. The Bertz CT molecular complexity index is 3120. The van der Waals surface area contributed by atoms with E-state index < -0.39 is 30.1 Å². The van der Waals surface area contributed by atoms with Crippen molar-refractivity contribution in [1.29, 1.82) is 0 Å². The summed E-state index contributed by atoms with van der Waals surface area (Å²) in [6.45, 7) is 31.8. The molecule has 0 aromatic heterocycles. The fourth-order valence-electron chi connectivity index (χ4n) is 19.1. The minimum absolute atomic E-state index is 0.0266. The number of likely N-dealkylation sites (tertiary alicyclic amines) is 2. The van der Waals surface area contributed by atoms with Crippen LogP contribution < -0.4 is 0 Å². The van der Waals surface area contributed by atoms with Gasteiger partial charge in [0.15, 0.2) is 0 Å². The van der Waals surface area contributed by atoms with Crippen molar-refractivity contribution in [2.75, 3.05) is 116 Å². The van der Waals surface area contributed by atoms with E-state index in [1.54, 1.807) is 0 Å². The molecule has 108 heavy (non-hydrogen) atoms. The molecule has 21 rings (SSSR count). The molecule has 29 heteroatoms. The lowest BCUT2D eigenvalue weighted by atomic mass is 9.83. The summed E-state index contributed by atoms with van der Waals surface area (Å²) >= 11 is 4.18. The predicted molar refractivity (Wildman–Crippen MR) is 415 cm³/mol. The number of carbonyl (C=O) groups is 5. The van der Waals surface area contributed by atoms with Crippen molar-refractivity contribution < 1.29 is 95.5 Å². The molecule has 21 aliphatic rings. The average Bonchev–Trinajstić information content (AvgIpc) is 1.58. The molecule has 0 N–H and O–H groups in total. The molecule has 0 spiro atoms. The number of hydrogen-bond acceptors (Lipinski definition) is 26. The van der Waals surface area contributed by atoms with Gasteiger partial charge in [0.25, 0.3) is 20.2 Å². The first-order valence-electron chi connectivity index (χ1n) is 41.3. The molecular formula is C79H133N3O21S5. The first-order chi connectivity index (χ1) is 51.2. The van der Waals surface area contributed by atoms with E-state index in [-0.39, 0.29) is 107 Å². The van der Waals surface area contributed by atoms with Crippen molar-refractivity contribution in [3.63, 3.8) is 0 Å². The van der Waals surface area contributed by atoms with Crippen LogP contribution in [0.3, 0.4) is 0 Å². The number of carbonyl (C=O) groups excluding carboxylic acids is 5. The van der Waals surface area contributed by atoms with Gasteiger partial charge in [-0.25, -0.2) is 8.42 Å². The Hall–Kier alpha value is -2.42. The maximum atomic E-state index is 11.4. The summed E-state index contributed by atoms with van der Waals surface area (Å²) in [5, 5.41) is 0.395. The Kier molecular flexibility index (Phi) is 32.2. The molecule has 26 atom stereocenters. The molecule has 5 aliphatic carbocycles. The van der Waals surface area contributed by atoms with Crippen molar-refractivity contribution in [3.8, 4) is 0 Å². The van der Waals surface area contributed by atoms with Gasteiger partial charge in [0.1, 0.15) is 51.7 Å². The lowest BCUT2D eigenvalue weighted by Gasteiger charge is -2.26. The number of morpholine rings is 1. The third kappa shape index (κ3) is 23.0. The Labute approximate surface area is 655 Å². The number of hydrogen-bond donors (Lipinski definition) is 0. The molecule has 16 saturated heterocycles. The summed E-state index contributed by atoms with van der Waals surface area (Å²) in [5.74, 6) is 12.5. The minimum atomic E-state index is -3.29. The smallest absolute Gasteiger partial charge is 0.312 e. The molecule has 0 aromatic carbocycles. The largest absolute Gasteiger partial charge is 0.465 e. The molecule has 21 fully saturated rings. The highest BCUT2D eigenvalue weighted by Gasteiger charge is 2.66. The lowest BCUT2D eigenvalue weighted by molar-refractivity contribution is -0.145. The van der Waals surface area contributed by atoms with Crippen LogP contribution in [-0.4, -0.2) is 256 Å². The number of cyclic esters (lactones) is 2. The zero-order chi connectivity index (χ0) is 78.1. The molecule has 24 nitrogen and oxygen atoms in total. The fourth-order valence-corrected chi connectivity index (χ4v) is 26.9. The second-order valence-electron chi connectivity index (χ2n) is 35.3. The van der Waals surface area contributed by atoms with E-state index in [1.807, 2.05) is 20.8 Å². The van der Waals surface area contributed by atoms with E-state index in [0.717, 1.165) is 101 Å². The van der Waals surface area contributed by atoms with E-state index >= 15 is 0 Å². The van der Waals surface area contributed by atoms with Gasteiger partial charge in [-0.3, -0.25) is 32.3 Å². The molecule has 16 aliphatic heterocycles. The van der Waals surface area contributed by atoms with Crippen LogP contribution in [0, 0.1) is 94.7 Å². The predicted octanol–water partition coefficient (Wildman–Crippen LogP) is 9.76. The van der Waals surface area contributed by atoms with Crippen LogP contribution in [0.15, 0.2) is 0 Å². The topological polar surface area (TPSA) is 290 Å². The van der Waals surface area contributed by atoms with Crippen molar-refractivity contribution in [3.05, 3.63) is 0 Å². The molecule has 0 radical (unpaired) electrons. The molecule has 26 unspecified atom stereocenters. The number of esters is 5. The Morgan fingerprint density at radius 3 is 1.47 bits per heavy atom. The number of piperidine rings is 2. The van der Waals surface area contributed by atoms with E-state index in [1.165, 1.54) is 88.4 Å². The second-order valence-corrected chi connectivity index (χ2v) is 43.9. The van der Waals surface area contributed by atoms with Crippen molar-refractivity contribution in [2.45, 2.75) is 255 Å². The fraction of sp³-hybridized carbons (Fsp3) is 0.937. The first-order valence-corrected chi connectivity index (χ1v) is 48.3. The van der Waals surface area contributed by atoms with E-state index in [0.29, 0.717) is 109 Å². The zero-order valence-electron chi connectivity index (χ0n) is 67.0. The number of ether oxygens (including phenoxy) is 8. The second kappa shape index (κ2) is 39.5. The van der Waals surface area contributed by atoms with Crippen molar-refractivity contribution in [2.24, 2.45) is 94.7 Å². The quantitative estimate of drug-likeness (QED) is 0.124. The SMILES string of the molecule is CC1C2CC3C(=O)OC1C3C2.CC1C2CC3C(=O)OC1C3O2.CC1C2CC3C(O2)C1OS3(=O)=O.CC1C2CC3C1OS(=O)(=O)C3C2.CC1CCC2CC1OC2=O.CC1CCN(C)CC1.CC1CCOC1=O.CC1CCS(=O)(=O)CC1.CC1COC(=O)C1.CC1CSCCS1.CN1CCCCC1.CN1CCOCC1. The first kappa shape index (κ1) is 88.0. The third-order valence-electron chi connectivity index (χ3n) is 26.8. The van der Waals surface area contributed by atoms with Crippen molar-refractivity contribution in [1.82, 2.24) is 14.7 Å². The minimum Gasteiger partial charge on any atom is -0.465 e. The van der Waals surface area contributed by atoms with Gasteiger partial charge in [-0.1, -0.05) is 75.7 Å². The highest BCUT2D eigenvalue weighted by Crippen LogP contribution is 2.58. The van der Waals surface area contributed by atoms with Crippen molar-refractivity contribution >= 4 is 83.4 Å². The lowest BCUT2D eigenvalue weighted by Crippen LogP contribution is -2.32. The van der Waals surface area contributed by atoms with Gasteiger partial charge in [-0.05, 0) is 191 Å². The van der Waals surface area contributed by atoms with Gasteiger partial charge >= 0.3 is 29.8 Å². The number of thioether (sulfide) groups is 2. The monoisotopic (exact) mass is 1620 g/mol. The maximum absolute atomic E-state index is 11.4. The molecular weight excluding hydrogens is 1490 g/mol. The third-order valence-corrected chi connectivity index (χ3v) is 34.8. The van der Waals surface area contributed by atoms with Gasteiger partial charge in [0.2, 0.25) is 0 Å². The molecule has 0 aromatic rings. The normalized spacial score (nSPS) is 43.0. The zero-order valence-corrected chi connectivity index (χ0v) is 71.0. The number of rotatable bonds is 0. The van der Waals surface area contributed by atoms with Gasteiger partial charge in [-0.2, -0.15) is 40.4 Å². The summed E-state index contributed by atoms with van der Waals surface area (Å²) in [6.07, 6.45) is 20.1. The number of nitrogens with zero attached hydrogens (tertiary/aromatic N) is 3. The molecule has 16 heterocycles. The molecule has 620 valence electrons. The highest BCUT2D eigenvalue weighted by molar-refractivity contribution is 8.06.